The van der Waals surface area contributed by atoms with Crippen molar-refractivity contribution < 1.29 is 13.9 Å². The summed E-state index contributed by atoms with van der Waals surface area (Å²) in [4.78, 5) is 20.9. The molecule has 0 atom stereocenters. The van der Waals surface area contributed by atoms with Gasteiger partial charge in [0, 0.05) is 23.1 Å². The van der Waals surface area contributed by atoms with Gasteiger partial charge in [0.1, 0.15) is 0 Å². The van der Waals surface area contributed by atoms with E-state index in [1.54, 1.807) is 11.3 Å². The highest BCUT2D eigenvalue weighted by atomic mass is 32.3. The van der Waals surface area contributed by atoms with Crippen molar-refractivity contribution in [3.63, 3.8) is 0 Å². The number of carbonyl (C=O) groups excluding carboxylic acids is 1. The zero-order valence-corrected chi connectivity index (χ0v) is 16.9. The summed E-state index contributed by atoms with van der Waals surface area (Å²) in [5.74, 6) is 0.630. The number of aromatic nitrogens is 2. The van der Waals surface area contributed by atoms with Gasteiger partial charge in [-0.05, 0) is 55.9 Å². The van der Waals surface area contributed by atoms with Crippen LogP contribution in [-0.2, 0) is 0 Å². The molecule has 0 spiro atoms. The lowest BCUT2D eigenvalue weighted by molar-refractivity contribution is 0.100. The molecule has 8 heteroatoms. The van der Waals surface area contributed by atoms with Crippen LogP contribution in [0.1, 0.15) is 45.4 Å². The number of aryl methyl sites for hydroxylation is 2. The van der Waals surface area contributed by atoms with Gasteiger partial charge in [-0.2, -0.15) is 10.6 Å². The quantitative estimate of drug-likeness (QED) is 0.508. The largest absolute Gasteiger partial charge is 0.366 e. The molecule has 0 aliphatic carbocycles. The molecule has 1 aliphatic rings. The molecule has 0 radical (unpaired) electrons. The third-order valence-corrected chi connectivity index (χ3v) is 8.18. The Labute approximate surface area is 163 Å². The van der Waals surface area contributed by atoms with Gasteiger partial charge in [0.25, 0.3) is 5.91 Å². The van der Waals surface area contributed by atoms with E-state index in [0.29, 0.717) is 17.1 Å². The van der Waals surface area contributed by atoms with Crippen LogP contribution in [-0.4, -0.2) is 36.5 Å². The molecule has 6 nitrogen and oxygen atoms in total. The topological polar surface area (TPSA) is 112 Å². The van der Waals surface area contributed by atoms with E-state index in [1.807, 2.05) is 26.1 Å². The van der Waals surface area contributed by atoms with Crippen LogP contribution in [0.4, 0.5) is 0 Å². The average Bonchev–Trinajstić information content (AvgIpc) is 3.16. The van der Waals surface area contributed by atoms with E-state index in [2.05, 4.69) is 16.0 Å². The Kier molecular flexibility index (Phi) is 4.54. The van der Waals surface area contributed by atoms with Crippen molar-refractivity contribution in [2.45, 2.75) is 32.6 Å². The lowest BCUT2D eigenvalue weighted by Crippen LogP contribution is -2.19. The number of rotatable bonds is 3. The molecule has 3 heterocycles. The second kappa shape index (κ2) is 6.63. The van der Waals surface area contributed by atoms with Gasteiger partial charge in [0.15, 0.2) is 0 Å². The van der Waals surface area contributed by atoms with Crippen LogP contribution in [0.15, 0.2) is 18.3 Å². The second-order valence-electron chi connectivity index (χ2n) is 7.19. The first-order valence-corrected chi connectivity index (χ1v) is 11.6. The van der Waals surface area contributed by atoms with Crippen molar-refractivity contribution in [1.82, 2.24) is 9.97 Å². The van der Waals surface area contributed by atoms with Gasteiger partial charge < -0.3 is 10.7 Å². The zero-order valence-electron chi connectivity index (χ0n) is 15.3. The van der Waals surface area contributed by atoms with Crippen LogP contribution >= 0.6 is 21.9 Å². The first-order chi connectivity index (χ1) is 12.7. The molecule has 2 aromatic heterocycles. The van der Waals surface area contributed by atoms with Crippen molar-refractivity contribution in [2.24, 2.45) is 5.73 Å². The fourth-order valence-corrected chi connectivity index (χ4v) is 6.37. The molecular formula is C19H23N3O3S2. The van der Waals surface area contributed by atoms with Crippen molar-refractivity contribution >= 4 is 38.7 Å². The van der Waals surface area contributed by atoms with Gasteiger partial charge in [-0.25, -0.2) is 4.98 Å². The van der Waals surface area contributed by atoms with E-state index in [0.717, 1.165) is 50.5 Å². The third-order valence-electron chi connectivity index (χ3n) is 5.28. The maximum absolute atomic E-state index is 12.1. The maximum Gasteiger partial charge on any atom is 0.250 e. The number of aromatic amines is 1. The predicted octanol–water partition coefficient (Wildman–Crippen LogP) is 4.64. The number of thiazole rings is 1. The fraction of sp³-hybridized carbons (Fsp3) is 0.368. The fourth-order valence-electron chi connectivity index (χ4n) is 3.93. The molecule has 144 valence electrons. The van der Waals surface area contributed by atoms with E-state index in [4.69, 9.17) is 5.73 Å². The Morgan fingerprint density at radius 2 is 2.00 bits per heavy atom. The van der Waals surface area contributed by atoms with Crippen molar-refractivity contribution in [3.8, 4) is 10.4 Å². The van der Waals surface area contributed by atoms with Crippen LogP contribution < -0.4 is 5.73 Å². The number of nitrogens with two attached hydrogens (primary N) is 1. The summed E-state index contributed by atoms with van der Waals surface area (Å²) in [6, 6.07) is 3.93. The van der Waals surface area contributed by atoms with Crippen molar-refractivity contribution in [1.29, 1.82) is 0 Å². The number of nitrogens with one attached hydrogen (secondary N) is 1. The van der Waals surface area contributed by atoms with Crippen LogP contribution in [0, 0.1) is 13.8 Å². The Bertz CT molecular complexity index is 1030. The lowest BCUT2D eigenvalue weighted by Gasteiger charge is -2.39. The minimum atomic E-state index is -2.43. The highest BCUT2D eigenvalue weighted by molar-refractivity contribution is 8.24. The molecule has 0 saturated carbocycles. The summed E-state index contributed by atoms with van der Waals surface area (Å²) >= 11 is 1.60. The summed E-state index contributed by atoms with van der Waals surface area (Å²) < 4.78 is 19.8. The van der Waals surface area contributed by atoms with Crippen molar-refractivity contribution in [3.05, 3.63) is 40.2 Å². The third kappa shape index (κ3) is 3.38. The van der Waals surface area contributed by atoms with E-state index < -0.39 is 16.5 Å². The van der Waals surface area contributed by atoms with Gasteiger partial charge in [-0.15, -0.1) is 11.3 Å². The summed E-state index contributed by atoms with van der Waals surface area (Å²) in [5, 5.41) is 1.96. The van der Waals surface area contributed by atoms with E-state index in [1.165, 1.54) is 0 Å². The molecule has 1 aliphatic heterocycles. The molecule has 1 aromatic carbocycles. The molecule has 0 bridgehead atoms. The zero-order chi connectivity index (χ0) is 19.3. The number of H-pyrrole nitrogens is 1. The van der Waals surface area contributed by atoms with Gasteiger partial charge in [-0.3, -0.25) is 13.9 Å². The molecule has 4 rings (SSSR count). The van der Waals surface area contributed by atoms with E-state index >= 15 is 0 Å². The van der Waals surface area contributed by atoms with Crippen LogP contribution in [0.5, 0.6) is 0 Å². The second-order valence-corrected chi connectivity index (χ2v) is 10.8. The monoisotopic (exact) mass is 405 g/mol. The SMILES string of the molecule is Cc1nc(C)c(-c2cc(C(N)=O)c3[nH]cc(C4CCS(O)(O)CC4)c3c2)s1. The number of fused-ring (bicyclic) bond motifs is 1. The maximum atomic E-state index is 12.1. The molecule has 0 unspecified atom stereocenters. The van der Waals surface area contributed by atoms with Crippen LogP contribution in [0.25, 0.3) is 21.3 Å². The number of nitrogens with zero attached hydrogens (tertiary/aromatic N) is 1. The Balaban J connectivity index is 1.85. The Morgan fingerprint density at radius 3 is 2.59 bits per heavy atom. The summed E-state index contributed by atoms with van der Waals surface area (Å²) in [6.07, 6.45) is 3.39. The number of primary amides is 1. The van der Waals surface area contributed by atoms with Gasteiger partial charge in [0.2, 0.25) is 0 Å². The molecule has 27 heavy (non-hydrogen) atoms. The number of carbonyl (C=O) groups is 1. The van der Waals surface area contributed by atoms with Gasteiger partial charge in [0.05, 0.1) is 26.7 Å². The van der Waals surface area contributed by atoms with E-state index in [9.17, 15) is 13.9 Å². The molecule has 1 fully saturated rings. The normalized spacial score (nSPS) is 18.7. The molecule has 5 N–H and O–H groups in total. The highest BCUT2D eigenvalue weighted by Crippen LogP contribution is 2.49. The van der Waals surface area contributed by atoms with Crippen LogP contribution in [0.2, 0.25) is 0 Å². The number of hydrogen-bond acceptors (Lipinski definition) is 5. The predicted molar refractivity (Wildman–Crippen MR) is 112 cm³/mol. The molecule has 3 aromatic rings. The van der Waals surface area contributed by atoms with Gasteiger partial charge in [-0.1, -0.05) is 0 Å². The van der Waals surface area contributed by atoms with E-state index in [-0.39, 0.29) is 5.92 Å². The minimum absolute atomic E-state index is 0.235. The number of amides is 1. The number of benzene rings is 1. The first-order valence-electron chi connectivity index (χ1n) is 8.88. The van der Waals surface area contributed by atoms with Crippen molar-refractivity contribution in [2.75, 3.05) is 11.5 Å². The first kappa shape index (κ1) is 18.5. The Morgan fingerprint density at radius 1 is 1.30 bits per heavy atom. The summed E-state index contributed by atoms with van der Waals surface area (Å²) in [7, 11) is -2.43. The average molecular weight is 406 g/mol. The summed E-state index contributed by atoms with van der Waals surface area (Å²) in [6.45, 7) is 3.94. The molecule has 1 amide bonds. The van der Waals surface area contributed by atoms with Crippen LogP contribution in [0.3, 0.4) is 0 Å². The highest BCUT2D eigenvalue weighted by Gasteiger charge is 2.27. The standard InChI is InChI=1S/C19H23N3O3S2/c1-10-18(26-11(2)22-10)13-7-14-16(12-3-5-27(24,25)6-4-12)9-21-17(14)15(8-13)19(20)23/h7-9,12,21,24-25H,3-6H2,1-2H3,(H2,20,23). The lowest BCUT2D eigenvalue weighted by atomic mass is 9.91. The summed E-state index contributed by atoms with van der Waals surface area (Å²) in [5.41, 5.74) is 9.88. The number of hydrogen-bond donors (Lipinski definition) is 4. The minimum Gasteiger partial charge on any atom is -0.366 e. The molecular weight excluding hydrogens is 382 g/mol. The Hall–Kier alpha value is -1.87. The smallest absolute Gasteiger partial charge is 0.250 e. The van der Waals surface area contributed by atoms with Gasteiger partial charge >= 0.3 is 0 Å². The molecule has 1 saturated heterocycles.